The van der Waals surface area contributed by atoms with Crippen LogP contribution in [0.3, 0.4) is 0 Å². The maximum absolute atomic E-state index is 13.3. The van der Waals surface area contributed by atoms with Crippen LogP contribution in [0.15, 0.2) is 54.7 Å². The zero-order chi connectivity index (χ0) is 17.9. The van der Waals surface area contributed by atoms with Crippen LogP contribution >= 0.6 is 0 Å². The normalized spacial score (nSPS) is 15.2. The first kappa shape index (κ1) is 16.4. The molecule has 4 rings (SSSR count). The molecule has 1 saturated heterocycles. The zero-order valence-corrected chi connectivity index (χ0v) is 14.1. The first-order chi connectivity index (χ1) is 12.7. The number of aromatic nitrogens is 2. The first-order valence-corrected chi connectivity index (χ1v) is 8.62. The van der Waals surface area contributed by atoms with Crippen molar-refractivity contribution in [2.24, 2.45) is 0 Å². The maximum atomic E-state index is 13.3. The van der Waals surface area contributed by atoms with Gasteiger partial charge in [0.25, 0.3) is 5.91 Å². The molecule has 0 atom stereocenters. The van der Waals surface area contributed by atoms with E-state index in [1.165, 1.54) is 12.1 Å². The number of fused-ring (bicyclic) bond motifs is 1. The van der Waals surface area contributed by atoms with E-state index in [0.29, 0.717) is 37.4 Å². The minimum absolute atomic E-state index is 0.0216. The Morgan fingerprint density at radius 2 is 1.92 bits per heavy atom. The van der Waals surface area contributed by atoms with Crippen LogP contribution in [0, 0.1) is 5.82 Å². The monoisotopic (exact) mass is 351 g/mol. The number of carbonyl (C=O) groups excluding carboxylic acids is 1. The topological polar surface area (TPSA) is 55.3 Å². The number of ether oxygens (including phenoxy) is 1. The van der Waals surface area contributed by atoms with Gasteiger partial charge in [0.05, 0.1) is 6.20 Å². The third kappa shape index (κ3) is 3.35. The molecule has 0 spiro atoms. The standard InChI is InChI=1S/C20H18FN3O2/c21-16-6-3-5-14(12-16)20(25)24-10-8-17(9-11-24)26-19-18-7-2-1-4-15(18)13-22-23-19/h1-7,12-13,17H,8-11H2. The highest BCUT2D eigenvalue weighted by Crippen LogP contribution is 2.25. The lowest BCUT2D eigenvalue weighted by Crippen LogP contribution is -2.41. The van der Waals surface area contributed by atoms with Crippen molar-refractivity contribution in [3.05, 3.63) is 66.1 Å². The molecule has 1 fully saturated rings. The van der Waals surface area contributed by atoms with E-state index in [1.54, 1.807) is 23.2 Å². The molecule has 3 aromatic rings. The predicted molar refractivity (Wildman–Crippen MR) is 95.5 cm³/mol. The van der Waals surface area contributed by atoms with Gasteiger partial charge in [-0.05, 0) is 24.3 Å². The molecule has 2 aromatic carbocycles. The van der Waals surface area contributed by atoms with E-state index in [1.807, 2.05) is 24.3 Å². The van der Waals surface area contributed by atoms with Crippen molar-refractivity contribution >= 4 is 16.7 Å². The summed E-state index contributed by atoms with van der Waals surface area (Å²) in [6.45, 7) is 1.14. The van der Waals surface area contributed by atoms with Gasteiger partial charge in [-0.15, -0.1) is 5.10 Å². The largest absolute Gasteiger partial charge is 0.473 e. The smallest absolute Gasteiger partial charge is 0.253 e. The van der Waals surface area contributed by atoms with Gasteiger partial charge in [0.15, 0.2) is 0 Å². The fraction of sp³-hybridized carbons (Fsp3) is 0.250. The predicted octanol–water partition coefficient (Wildman–Crippen LogP) is 3.45. The van der Waals surface area contributed by atoms with Crippen LogP contribution in [0.2, 0.25) is 0 Å². The molecule has 0 N–H and O–H groups in total. The summed E-state index contributed by atoms with van der Waals surface area (Å²) in [6, 6.07) is 13.6. The van der Waals surface area contributed by atoms with E-state index in [9.17, 15) is 9.18 Å². The Hall–Kier alpha value is -3.02. The Labute approximate surface area is 150 Å². The first-order valence-electron chi connectivity index (χ1n) is 8.62. The molecular weight excluding hydrogens is 333 g/mol. The van der Waals surface area contributed by atoms with E-state index in [0.717, 1.165) is 10.8 Å². The second-order valence-electron chi connectivity index (χ2n) is 6.36. The molecule has 0 bridgehead atoms. The number of benzene rings is 2. The second kappa shape index (κ2) is 7.07. The van der Waals surface area contributed by atoms with Crippen molar-refractivity contribution in [2.45, 2.75) is 18.9 Å². The van der Waals surface area contributed by atoms with Crippen LogP contribution in [0.5, 0.6) is 5.88 Å². The number of carbonyl (C=O) groups is 1. The van der Waals surface area contributed by atoms with Gasteiger partial charge in [0.1, 0.15) is 11.9 Å². The van der Waals surface area contributed by atoms with Crippen LogP contribution in [-0.4, -0.2) is 40.2 Å². The average molecular weight is 351 g/mol. The summed E-state index contributed by atoms with van der Waals surface area (Å²) in [6.07, 6.45) is 3.09. The Balaban J connectivity index is 1.41. The maximum Gasteiger partial charge on any atom is 0.253 e. The highest BCUT2D eigenvalue weighted by atomic mass is 19.1. The van der Waals surface area contributed by atoms with E-state index in [2.05, 4.69) is 10.2 Å². The third-order valence-corrected chi connectivity index (χ3v) is 4.62. The fourth-order valence-electron chi connectivity index (χ4n) is 3.23. The summed E-state index contributed by atoms with van der Waals surface area (Å²) in [4.78, 5) is 14.2. The van der Waals surface area contributed by atoms with Crippen LogP contribution in [0.25, 0.3) is 10.8 Å². The Kier molecular flexibility index (Phi) is 4.48. The minimum Gasteiger partial charge on any atom is -0.473 e. The van der Waals surface area contributed by atoms with Crippen molar-refractivity contribution in [3.8, 4) is 5.88 Å². The summed E-state index contributed by atoms with van der Waals surface area (Å²) in [5.74, 6) is -0.0190. The highest BCUT2D eigenvalue weighted by molar-refractivity contribution is 5.94. The molecule has 2 heterocycles. The Morgan fingerprint density at radius 3 is 2.73 bits per heavy atom. The SMILES string of the molecule is O=C(c1cccc(F)c1)N1CCC(Oc2nncc3ccccc23)CC1. The van der Waals surface area contributed by atoms with Crippen LogP contribution < -0.4 is 4.74 Å². The van der Waals surface area contributed by atoms with Gasteiger partial charge < -0.3 is 9.64 Å². The van der Waals surface area contributed by atoms with E-state index in [-0.39, 0.29) is 12.0 Å². The summed E-state index contributed by atoms with van der Waals surface area (Å²) in [7, 11) is 0. The summed E-state index contributed by atoms with van der Waals surface area (Å²) >= 11 is 0. The van der Waals surface area contributed by atoms with Gasteiger partial charge in [-0.25, -0.2) is 4.39 Å². The number of nitrogens with zero attached hydrogens (tertiary/aromatic N) is 3. The molecule has 1 aliphatic heterocycles. The van der Waals surface area contributed by atoms with Gasteiger partial charge in [0.2, 0.25) is 5.88 Å². The van der Waals surface area contributed by atoms with E-state index in [4.69, 9.17) is 4.74 Å². The number of piperidine rings is 1. The number of amides is 1. The number of hydrogen-bond acceptors (Lipinski definition) is 4. The van der Waals surface area contributed by atoms with Crippen molar-refractivity contribution in [1.82, 2.24) is 15.1 Å². The number of likely N-dealkylation sites (tertiary alicyclic amines) is 1. The molecule has 5 nitrogen and oxygen atoms in total. The minimum atomic E-state index is -0.399. The molecule has 6 heteroatoms. The lowest BCUT2D eigenvalue weighted by atomic mass is 10.1. The number of hydrogen-bond donors (Lipinski definition) is 0. The highest BCUT2D eigenvalue weighted by Gasteiger charge is 2.25. The summed E-state index contributed by atoms with van der Waals surface area (Å²) in [5.41, 5.74) is 0.379. The van der Waals surface area contributed by atoms with Gasteiger partial charge in [-0.1, -0.05) is 24.3 Å². The van der Waals surface area contributed by atoms with Gasteiger partial charge in [0, 0.05) is 42.3 Å². The van der Waals surface area contributed by atoms with Crippen LogP contribution in [0.1, 0.15) is 23.2 Å². The molecule has 0 saturated carbocycles. The van der Waals surface area contributed by atoms with Crippen LogP contribution in [0.4, 0.5) is 4.39 Å². The average Bonchev–Trinajstić information content (AvgIpc) is 2.68. The van der Waals surface area contributed by atoms with E-state index < -0.39 is 5.82 Å². The van der Waals surface area contributed by atoms with E-state index >= 15 is 0 Å². The second-order valence-corrected chi connectivity index (χ2v) is 6.36. The number of halogens is 1. The summed E-state index contributed by atoms with van der Waals surface area (Å²) in [5, 5.41) is 10.0. The van der Waals surface area contributed by atoms with Crippen molar-refractivity contribution < 1.29 is 13.9 Å². The summed E-state index contributed by atoms with van der Waals surface area (Å²) < 4.78 is 19.4. The Bertz CT molecular complexity index is 934. The lowest BCUT2D eigenvalue weighted by Gasteiger charge is -2.32. The Morgan fingerprint density at radius 1 is 1.12 bits per heavy atom. The zero-order valence-electron chi connectivity index (χ0n) is 14.1. The molecular formula is C20H18FN3O2. The number of rotatable bonds is 3. The molecule has 0 unspecified atom stereocenters. The van der Waals surface area contributed by atoms with Crippen molar-refractivity contribution in [2.75, 3.05) is 13.1 Å². The molecule has 26 heavy (non-hydrogen) atoms. The van der Waals surface area contributed by atoms with Gasteiger partial charge >= 0.3 is 0 Å². The van der Waals surface area contributed by atoms with Crippen LogP contribution in [-0.2, 0) is 0 Å². The molecule has 1 aliphatic rings. The van der Waals surface area contributed by atoms with Gasteiger partial charge in [-0.3, -0.25) is 4.79 Å². The molecule has 1 amide bonds. The molecule has 132 valence electrons. The molecule has 1 aromatic heterocycles. The quantitative estimate of drug-likeness (QED) is 0.725. The fourth-order valence-corrected chi connectivity index (χ4v) is 3.23. The van der Waals surface area contributed by atoms with Gasteiger partial charge in [-0.2, -0.15) is 5.10 Å². The van der Waals surface area contributed by atoms with Crippen molar-refractivity contribution in [1.29, 1.82) is 0 Å². The lowest BCUT2D eigenvalue weighted by molar-refractivity contribution is 0.0588. The molecule has 0 aliphatic carbocycles. The molecule has 0 radical (unpaired) electrons. The third-order valence-electron chi connectivity index (χ3n) is 4.62. The van der Waals surface area contributed by atoms with Crippen molar-refractivity contribution in [3.63, 3.8) is 0 Å².